The van der Waals surface area contributed by atoms with E-state index in [-0.39, 0.29) is 11.5 Å². The number of hydrogen-bond donors (Lipinski definition) is 0. The fraction of sp³-hybridized carbons (Fsp3) is 0.684. The summed E-state index contributed by atoms with van der Waals surface area (Å²) in [6.07, 6.45) is 0.512. The lowest BCUT2D eigenvalue weighted by molar-refractivity contribution is 0.0508. The minimum atomic E-state index is 0.0259. The van der Waals surface area contributed by atoms with E-state index in [1.54, 1.807) is 0 Å². The fourth-order valence-corrected chi connectivity index (χ4v) is 4.69. The molecule has 0 N–H and O–H groups in total. The van der Waals surface area contributed by atoms with Crippen molar-refractivity contribution in [1.82, 2.24) is 0 Å². The molecule has 118 valence electrons. The van der Waals surface area contributed by atoms with Gasteiger partial charge in [0, 0.05) is 5.92 Å². The summed E-state index contributed by atoms with van der Waals surface area (Å²) in [7, 11) is 0. The van der Waals surface area contributed by atoms with Crippen LogP contribution in [0.25, 0.3) is 0 Å². The van der Waals surface area contributed by atoms with Gasteiger partial charge in [0.05, 0.1) is 17.6 Å². The van der Waals surface area contributed by atoms with E-state index >= 15 is 0 Å². The summed E-state index contributed by atoms with van der Waals surface area (Å²) in [6, 6.07) is 0. The van der Waals surface area contributed by atoms with Gasteiger partial charge in [-0.25, -0.2) is 0 Å². The predicted octanol–water partition coefficient (Wildman–Crippen LogP) is 5.57. The van der Waals surface area contributed by atoms with Crippen molar-refractivity contribution in [2.45, 2.75) is 73.0 Å². The van der Waals surface area contributed by atoms with Gasteiger partial charge < -0.3 is 4.74 Å². The Morgan fingerprint density at radius 2 is 1.19 bits per heavy atom. The Balaban J connectivity index is 2.52. The average molecular weight is 309 g/mol. The third kappa shape index (κ3) is 2.64. The molecule has 0 amide bonds. The molecule has 1 aliphatic rings. The normalized spacial score (nSPS) is 30.7. The molecule has 21 heavy (non-hydrogen) atoms. The molecule has 5 unspecified atom stereocenters. The summed E-state index contributed by atoms with van der Waals surface area (Å²) < 4.78 is 6.01. The van der Waals surface area contributed by atoms with Crippen molar-refractivity contribution in [1.29, 1.82) is 0 Å². The summed E-state index contributed by atoms with van der Waals surface area (Å²) in [5.74, 6) is 0.865. The number of hydrogen-bond acceptors (Lipinski definition) is 1. The molecule has 1 nitrogen and oxygen atoms in total. The van der Waals surface area contributed by atoms with Gasteiger partial charge in [0.15, 0.2) is 0 Å². The molecule has 0 aliphatic carbocycles. The Hall–Kier alpha value is -0.530. The summed E-state index contributed by atoms with van der Waals surface area (Å²) in [4.78, 5) is 0. The molecule has 1 heterocycles. The van der Waals surface area contributed by atoms with E-state index in [9.17, 15) is 0 Å². The van der Waals surface area contributed by atoms with Gasteiger partial charge in [-0.05, 0) is 87.8 Å². The van der Waals surface area contributed by atoms with Gasteiger partial charge in [-0.2, -0.15) is 0 Å². The van der Waals surface area contributed by atoms with Crippen LogP contribution in [0.15, 0.2) is 0 Å². The first-order valence-corrected chi connectivity index (χ1v) is 8.48. The molecule has 1 aliphatic heterocycles. The maximum absolute atomic E-state index is 6.99. The van der Waals surface area contributed by atoms with Gasteiger partial charge in [0.2, 0.25) is 0 Å². The van der Waals surface area contributed by atoms with E-state index < -0.39 is 0 Å². The van der Waals surface area contributed by atoms with Gasteiger partial charge in [-0.1, -0.05) is 6.92 Å². The average Bonchev–Trinajstić information content (AvgIpc) is 2.67. The van der Waals surface area contributed by atoms with Crippen molar-refractivity contribution >= 4 is 11.6 Å². The maximum atomic E-state index is 6.99. The smallest absolute Gasteiger partial charge is 0.0646 e. The molecule has 0 bridgehead atoms. The molecule has 0 saturated carbocycles. The molecule has 1 aromatic carbocycles. The molecule has 0 aromatic heterocycles. The monoisotopic (exact) mass is 308 g/mol. The summed E-state index contributed by atoms with van der Waals surface area (Å²) in [6.45, 7) is 17.7. The Morgan fingerprint density at radius 3 is 1.57 bits per heavy atom. The lowest BCUT2D eigenvalue weighted by atomic mass is 9.79. The maximum Gasteiger partial charge on any atom is 0.0646 e. The zero-order chi connectivity index (χ0) is 16.1. The van der Waals surface area contributed by atoms with Crippen LogP contribution in [0.4, 0.5) is 0 Å². The predicted molar refractivity (Wildman–Crippen MR) is 91.4 cm³/mol. The van der Waals surface area contributed by atoms with Gasteiger partial charge in [0.1, 0.15) is 0 Å². The molecule has 0 spiro atoms. The third-order valence-corrected chi connectivity index (χ3v) is 6.50. The van der Waals surface area contributed by atoms with Crippen LogP contribution in [0.3, 0.4) is 0 Å². The lowest BCUT2D eigenvalue weighted by Gasteiger charge is -2.29. The van der Waals surface area contributed by atoms with Crippen LogP contribution in [0.2, 0.25) is 0 Å². The van der Waals surface area contributed by atoms with Crippen LogP contribution in [0, 0.1) is 46.5 Å². The van der Waals surface area contributed by atoms with E-state index in [2.05, 4.69) is 55.4 Å². The number of benzene rings is 1. The van der Waals surface area contributed by atoms with E-state index in [1.807, 2.05) is 0 Å². The van der Waals surface area contributed by atoms with E-state index in [0.717, 1.165) is 0 Å². The van der Waals surface area contributed by atoms with Crippen LogP contribution in [0.1, 0.15) is 59.5 Å². The minimum absolute atomic E-state index is 0.0259. The minimum Gasteiger partial charge on any atom is -0.375 e. The molecule has 1 aromatic rings. The highest BCUT2D eigenvalue weighted by molar-refractivity contribution is 6.21. The van der Waals surface area contributed by atoms with Gasteiger partial charge in [-0.15, -0.1) is 11.6 Å². The second-order valence-corrected chi connectivity index (χ2v) is 7.39. The zero-order valence-electron chi connectivity index (χ0n) is 14.7. The standard InChI is InChI=1S/C19H29ClO/c1-9-10(2)12(4)17(13(5)11(9)3)19(20)18-14(6)15(7)21-16(18)8/h14-16,18-19H,1-8H3. The Bertz CT molecular complexity index is 520. The lowest BCUT2D eigenvalue weighted by Crippen LogP contribution is -2.23. The molecule has 1 saturated heterocycles. The number of halogens is 1. The Labute approximate surface area is 135 Å². The molecule has 0 radical (unpaired) electrons. The van der Waals surface area contributed by atoms with Gasteiger partial charge in [-0.3, -0.25) is 0 Å². The first-order valence-electron chi connectivity index (χ1n) is 8.04. The fourth-order valence-electron chi connectivity index (χ4n) is 3.93. The van der Waals surface area contributed by atoms with Crippen LogP contribution in [-0.2, 0) is 4.74 Å². The van der Waals surface area contributed by atoms with Crippen molar-refractivity contribution in [3.63, 3.8) is 0 Å². The highest BCUT2D eigenvalue weighted by atomic mass is 35.5. The molecular weight excluding hydrogens is 280 g/mol. The van der Waals surface area contributed by atoms with E-state index in [0.29, 0.717) is 17.9 Å². The first kappa shape index (κ1) is 16.8. The van der Waals surface area contributed by atoms with Crippen LogP contribution >= 0.6 is 11.6 Å². The molecule has 5 atom stereocenters. The second-order valence-electron chi connectivity index (χ2n) is 6.92. The highest BCUT2D eigenvalue weighted by Gasteiger charge is 2.42. The topological polar surface area (TPSA) is 9.23 Å². The molecular formula is C19H29ClO. The third-order valence-electron chi connectivity index (χ3n) is 5.99. The Kier molecular flexibility index (Phi) is 4.75. The number of ether oxygens (including phenoxy) is 1. The van der Waals surface area contributed by atoms with Crippen molar-refractivity contribution in [3.05, 3.63) is 33.4 Å². The van der Waals surface area contributed by atoms with Crippen LogP contribution in [-0.4, -0.2) is 12.2 Å². The molecule has 2 rings (SSSR count). The SMILES string of the molecule is Cc1c(C)c(C)c(C(Cl)C2C(C)OC(C)C2C)c(C)c1C. The quantitative estimate of drug-likeness (QED) is 0.649. The highest BCUT2D eigenvalue weighted by Crippen LogP contribution is 2.46. The van der Waals surface area contributed by atoms with Gasteiger partial charge >= 0.3 is 0 Å². The summed E-state index contributed by atoms with van der Waals surface area (Å²) in [5.41, 5.74) is 8.20. The van der Waals surface area contributed by atoms with E-state index in [4.69, 9.17) is 16.3 Å². The van der Waals surface area contributed by atoms with Crippen LogP contribution in [0.5, 0.6) is 0 Å². The van der Waals surface area contributed by atoms with Crippen molar-refractivity contribution < 1.29 is 4.74 Å². The van der Waals surface area contributed by atoms with Gasteiger partial charge in [0.25, 0.3) is 0 Å². The van der Waals surface area contributed by atoms with Crippen molar-refractivity contribution in [3.8, 4) is 0 Å². The molecule has 2 heteroatoms. The zero-order valence-corrected chi connectivity index (χ0v) is 15.4. The van der Waals surface area contributed by atoms with Crippen molar-refractivity contribution in [2.24, 2.45) is 11.8 Å². The first-order chi connectivity index (χ1) is 9.68. The summed E-state index contributed by atoms with van der Waals surface area (Å²) in [5, 5.41) is 0.0259. The summed E-state index contributed by atoms with van der Waals surface area (Å²) >= 11 is 6.99. The van der Waals surface area contributed by atoms with Crippen molar-refractivity contribution in [2.75, 3.05) is 0 Å². The van der Waals surface area contributed by atoms with E-state index in [1.165, 1.54) is 33.4 Å². The number of alkyl halides is 1. The largest absolute Gasteiger partial charge is 0.375 e. The Morgan fingerprint density at radius 1 is 0.762 bits per heavy atom. The number of rotatable bonds is 2. The van der Waals surface area contributed by atoms with Crippen LogP contribution < -0.4 is 0 Å². The molecule has 1 fully saturated rings. The second kappa shape index (κ2) is 5.93.